The Hall–Kier alpha value is -4.11. The van der Waals surface area contributed by atoms with Gasteiger partial charge in [0.05, 0.1) is 18.3 Å². The summed E-state index contributed by atoms with van der Waals surface area (Å²) in [7, 11) is 1.64. The molecule has 1 fully saturated rings. The van der Waals surface area contributed by atoms with Gasteiger partial charge in [0.15, 0.2) is 11.5 Å². The molecule has 0 aliphatic carbocycles. The molecule has 5 heterocycles. The van der Waals surface area contributed by atoms with E-state index >= 15 is 0 Å². The fraction of sp³-hybridized carbons (Fsp3) is 0.269. The number of aromatic nitrogens is 6. The van der Waals surface area contributed by atoms with Crippen molar-refractivity contribution >= 4 is 16.6 Å². The maximum Gasteiger partial charge on any atom is 0.192 e. The van der Waals surface area contributed by atoms with Crippen LogP contribution in [-0.4, -0.2) is 50.0 Å². The van der Waals surface area contributed by atoms with Crippen LogP contribution in [0.4, 0.5) is 0 Å². The smallest absolute Gasteiger partial charge is 0.192 e. The zero-order valence-electron chi connectivity index (χ0n) is 19.4. The number of rotatable bonds is 7. The highest BCUT2D eigenvalue weighted by molar-refractivity contribution is 5.85. The molecule has 0 spiro atoms. The molecule has 1 N–H and O–H groups in total. The summed E-state index contributed by atoms with van der Waals surface area (Å²) in [5, 5.41) is 17.6. The van der Waals surface area contributed by atoms with E-state index in [-0.39, 0.29) is 6.61 Å². The van der Waals surface area contributed by atoms with Gasteiger partial charge >= 0.3 is 0 Å². The normalized spacial score (nSPS) is 15.6. The maximum atomic E-state index is 6.11. The molecule has 4 aromatic heterocycles. The highest BCUT2D eigenvalue weighted by Gasteiger charge is 2.16. The minimum absolute atomic E-state index is 0.218. The fourth-order valence-corrected chi connectivity index (χ4v) is 4.46. The summed E-state index contributed by atoms with van der Waals surface area (Å²) in [4.78, 5) is 9.09. The predicted octanol–water partition coefficient (Wildman–Crippen LogP) is 3.47. The molecule has 0 radical (unpaired) electrons. The van der Waals surface area contributed by atoms with Crippen molar-refractivity contribution in [1.29, 1.82) is 0 Å². The Balaban J connectivity index is 1.22. The van der Waals surface area contributed by atoms with Crippen molar-refractivity contribution in [3.05, 3.63) is 72.4 Å². The minimum Gasteiger partial charge on any atom is -0.497 e. The zero-order chi connectivity index (χ0) is 23.6. The molecule has 0 amide bonds. The largest absolute Gasteiger partial charge is 0.497 e. The number of nitrogens with zero attached hydrogens (tertiary/aromatic N) is 6. The lowest BCUT2D eigenvalue weighted by Gasteiger charge is -2.09. The Bertz CT molecular complexity index is 1480. The molecule has 9 heteroatoms. The quantitative estimate of drug-likeness (QED) is 0.388. The lowest BCUT2D eigenvalue weighted by molar-refractivity contribution is 0.296. The van der Waals surface area contributed by atoms with E-state index in [1.165, 1.54) is 6.42 Å². The van der Waals surface area contributed by atoms with Crippen LogP contribution < -0.4 is 14.8 Å². The number of ether oxygens (including phenoxy) is 2. The Morgan fingerprint density at radius 1 is 1.06 bits per heavy atom. The minimum atomic E-state index is 0.218. The summed E-state index contributed by atoms with van der Waals surface area (Å²) in [6.07, 6.45) is 5.83. The van der Waals surface area contributed by atoms with E-state index in [0.717, 1.165) is 53.1 Å². The Labute approximate surface area is 202 Å². The van der Waals surface area contributed by atoms with Crippen molar-refractivity contribution in [2.45, 2.75) is 19.4 Å². The van der Waals surface area contributed by atoms with Gasteiger partial charge in [-0.3, -0.25) is 9.97 Å². The number of pyridine rings is 2. The Kier molecular flexibility index (Phi) is 5.67. The molecular formula is C26H25N7O2. The third-order valence-corrected chi connectivity index (χ3v) is 6.37. The molecule has 1 aliphatic heterocycles. The van der Waals surface area contributed by atoms with E-state index in [2.05, 4.69) is 37.6 Å². The molecule has 1 unspecified atom stereocenters. The lowest BCUT2D eigenvalue weighted by atomic mass is 10.0. The van der Waals surface area contributed by atoms with Gasteiger partial charge in [0, 0.05) is 35.1 Å². The molecule has 1 atom stereocenters. The molecule has 9 nitrogen and oxygen atoms in total. The molecule has 1 aromatic carbocycles. The highest BCUT2D eigenvalue weighted by Crippen LogP contribution is 2.27. The van der Waals surface area contributed by atoms with Crippen LogP contribution in [0.3, 0.4) is 0 Å². The second-order valence-corrected chi connectivity index (χ2v) is 8.69. The first-order valence-electron chi connectivity index (χ1n) is 11.7. The zero-order valence-corrected chi connectivity index (χ0v) is 19.4. The monoisotopic (exact) mass is 467 g/mol. The van der Waals surface area contributed by atoms with Gasteiger partial charge in [0.25, 0.3) is 0 Å². The van der Waals surface area contributed by atoms with Crippen LogP contribution in [0.5, 0.6) is 11.5 Å². The third kappa shape index (κ3) is 4.38. The van der Waals surface area contributed by atoms with Gasteiger partial charge in [-0.2, -0.15) is 9.61 Å². The summed E-state index contributed by atoms with van der Waals surface area (Å²) >= 11 is 0. The van der Waals surface area contributed by atoms with E-state index in [0.29, 0.717) is 23.1 Å². The molecule has 5 aromatic rings. The fourth-order valence-electron chi connectivity index (χ4n) is 4.46. The summed E-state index contributed by atoms with van der Waals surface area (Å²) < 4.78 is 13.1. The van der Waals surface area contributed by atoms with Gasteiger partial charge in [-0.25, -0.2) is 0 Å². The van der Waals surface area contributed by atoms with Gasteiger partial charge in [0.1, 0.15) is 18.1 Å². The lowest BCUT2D eigenvalue weighted by Crippen LogP contribution is -2.11. The molecule has 1 saturated heterocycles. The first-order chi connectivity index (χ1) is 17.3. The second kappa shape index (κ2) is 9.27. The van der Waals surface area contributed by atoms with E-state index in [1.54, 1.807) is 17.8 Å². The molecule has 0 bridgehead atoms. The van der Waals surface area contributed by atoms with Gasteiger partial charge < -0.3 is 14.8 Å². The first-order valence-corrected chi connectivity index (χ1v) is 11.7. The maximum absolute atomic E-state index is 6.11. The van der Waals surface area contributed by atoms with Crippen LogP contribution in [0.15, 0.2) is 60.9 Å². The van der Waals surface area contributed by atoms with Gasteiger partial charge in [-0.1, -0.05) is 0 Å². The Morgan fingerprint density at radius 3 is 2.86 bits per heavy atom. The molecule has 6 rings (SSSR count). The summed E-state index contributed by atoms with van der Waals surface area (Å²) in [6.45, 7) is 2.39. The van der Waals surface area contributed by atoms with E-state index < -0.39 is 0 Å². The summed E-state index contributed by atoms with van der Waals surface area (Å²) in [5.41, 5.74) is 4.34. The van der Waals surface area contributed by atoms with Crippen molar-refractivity contribution in [1.82, 2.24) is 35.1 Å². The SMILES string of the molecule is COc1ccc2c(OCc3nnc4ccc(-c5ccc(CC6CCNC6)nc5)nn34)ccnc2c1. The second-order valence-electron chi connectivity index (χ2n) is 8.69. The van der Waals surface area contributed by atoms with Crippen molar-refractivity contribution in [2.75, 3.05) is 20.2 Å². The van der Waals surface area contributed by atoms with Crippen LogP contribution >= 0.6 is 0 Å². The van der Waals surface area contributed by atoms with Crippen LogP contribution in [0.25, 0.3) is 27.8 Å². The number of fused-ring (bicyclic) bond motifs is 2. The predicted molar refractivity (Wildman–Crippen MR) is 131 cm³/mol. The summed E-state index contributed by atoms with van der Waals surface area (Å²) in [5.74, 6) is 2.74. The highest BCUT2D eigenvalue weighted by atomic mass is 16.5. The average molecular weight is 468 g/mol. The molecular weight excluding hydrogens is 442 g/mol. The van der Waals surface area contributed by atoms with Crippen molar-refractivity contribution < 1.29 is 9.47 Å². The van der Waals surface area contributed by atoms with E-state index in [4.69, 9.17) is 14.6 Å². The molecule has 176 valence electrons. The number of benzene rings is 1. The number of hydrogen-bond donors (Lipinski definition) is 1. The average Bonchev–Trinajstić information content (AvgIpc) is 3.57. The van der Waals surface area contributed by atoms with Crippen molar-refractivity contribution in [3.8, 4) is 22.8 Å². The van der Waals surface area contributed by atoms with E-state index in [9.17, 15) is 0 Å². The van der Waals surface area contributed by atoms with Gasteiger partial charge in [0.2, 0.25) is 0 Å². The molecule has 35 heavy (non-hydrogen) atoms. The van der Waals surface area contributed by atoms with Crippen LogP contribution in [0.1, 0.15) is 17.9 Å². The number of hydrogen-bond acceptors (Lipinski definition) is 8. The van der Waals surface area contributed by atoms with E-state index in [1.807, 2.05) is 42.6 Å². The van der Waals surface area contributed by atoms with Crippen molar-refractivity contribution in [3.63, 3.8) is 0 Å². The molecule has 1 aliphatic rings. The molecule has 0 saturated carbocycles. The first kappa shape index (κ1) is 21.4. The number of nitrogens with one attached hydrogen (secondary N) is 1. The topological polar surface area (TPSA) is 99.3 Å². The third-order valence-electron chi connectivity index (χ3n) is 6.37. The van der Waals surface area contributed by atoms with Crippen molar-refractivity contribution in [2.24, 2.45) is 5.92 Å². The van der Waals surface area contributed by atoms with Gasteiger partial charge in [-0.05, 0) is 74.3 Å². The Morgan fingerprint density at radius 2 is 2.03 bits per heavy atom. The van der Waals surface area contributed by atoms with Crippen LogP contribution in [0, 0.1) is 5.92 Å². The summed E-state index contributed by atoms with van der Waals surface area (Å²) in [6, 6.07) is 15.6. The number of methoxy groups -OCH3 is 1. The van der Waals surface area contributed by atoms with Crippen LogP contribution in [-0.2, 0) is 13.0 Å². The van der Waals surface area contributed by atoms with Crippen LogP contribution in [0.2, 0.25) is 0 Å². The standard InChI is InChI=1S/C26H25N7O2/c1-34-20-4-5-21-23(13-20)28-11-9-24(21)35-16-26-31-30-25-7-6-22(32-33(25)26)18-2-3-19(29-15-18)12-17-8-10-27-14-17/h2-7,9,11,13,15,17,27H,8,10,12,14,16H2,1H3. The van der Waals surface area contributed by atoms with Gasteiger partial charge in [-0.15, -0.1) is 10.2 Å².